The zero-order chi connectivity index (χ0) is 15.9. The third-order valence-electron chi connectivity index (χ3n) is 5.90. The molecule has 4 heteroatoms. The van der Waals surface area contributed by atoms with Gasteiger partial charge in [0, 0.05) is 38.4 Å². The molecule has 1 amide bonds. The number of carbonyl (C=O) groups is 1. The highest BCUT2D eigenvalue weighted by atomic mass is 16.5. The van der Waals surface area contributed by atoms with Crippen molar-refractivity contribution in [2.75, 3.05) is 19.7 Å². The van der Waals surface area contributed by atoms with Gasteiger partial charge in [0.1, 0.15) is 5.72 Å². The normalized spacial score (nSPS) is 34.3. The van der Waals surface area contributed by atoms with Crippen LogP contribution in [0.4, 0.5) is 0 Å². The van der Waals surface area contributed by atoms with Crippen LogP contribution in [0.15, 0.2) is 30.3 Å². The van der Waals surface area contributed by atoms with Crippen LogP contribution in [0.1, 0.15) is 38.2 Å². The van der Waals surface area contributed by atoms with E-state index >= 15 is 0 Å². The lowest BCUT2D eigenvalue weighted by molar-refractivity contribution is -0.192. The molecule has 4 nitrogen and oxygen atoms in total. The Morgan fingerprint density at radius 1 is 1.30 bits per heavy atom. The summed E-state index contributed by atoms with van der Waals surface area (Å²) in [5, 5.41) is 0. The summed E-state index contributed by atoms with van der Waals surface area (Å²) in [4.78, 5) is 17.2. The molecule has 3 aliphatic rings. The lowest BCUT2D eigenvalue weighted by Gasteiger charge is -2.52. The molecule has 2 unspecified atom stereocenters. The number of hydrogen-bond donors (Lipinski definition) is 0. The van der Waals surface area contributed by atoms with Crippen LogP contribution in [-0.4, -0.2) is 47.2 Å². The van der Waals surface area contributed by atoms with E-state index in [1.54, 1.807) is 0 Å². The van der Waals surface area contributed by atoms with Gasteiger partial charge in [0.25, 0.3) is 0 Å². The van der Waals surface area contributed by atoms with Gasteiger partial charge in [0.15, 0.2) is 0 Å². The summed E-state index contributed by atoms with van der Waals surface area (Å²) in [6.45, 7) is 5.92. The predicted octanol–water partition coefficient (Wildman–Crippen LogP) is 2.64. The van der Waals surface area contributed by atoms with Crippen molar-refractivity contribution in [2.45, 2.75) is 50.9 Å². The third-order valence-corrected chi connectivity index (χ3v) is 5.90. The average molecular weight is 314 g/mol. The number of carbonyl (C=O) groups excluding carboxylic acids is 1. The second-order valence-electron chi connectivity index (χ2n) is 7.19. The highest BCUT2D eigenvalue weighted by Gasteiger charge is 2.58. The molecule has 0 N–H and O–H groups in total. The van der Waals surface area contributed by atoms with Crippen molar-refractivity contribution in [3.05, 3.63) is 35.9 Å². The van der Waals surface area contributed by atoms with Crippen LogP contribution in [0.5, 0.6) is 0 Å². The van der Waals surface area contributed by atoms with E-state index in [1.165, 1.54) is 5.56 Å². The summed E-state index contributed by atoms with van der Waals surface area (Å²) in [6, 6.07) is 10.9. The number of nitrogens with zero attached hydrogens (tertiary/aromatic N) is 2. The Morgan fingerprint density at radius 3 is 2.91 bits per heavy atom. The van der Waals surface area contributed by atoms with Crippen molar-refractivity contribution in [1.82, 2.24) is 9.80 Å². The minimum absolute atomic E-state index is 0.283. The van der Waals surface area contributed by atoms with Gasteiger partial charge in [-0.25, -0.2) is 0 Å². The monoisotopic (exact) mass is 314 g/mol. The number of likely N-dealkylation sites (tertiary alicyclic amines) is 1. The van der Waals surface area contributed by atoms with Crippen molar-refractivity contribution >= 4 is 5.91 Å². The van der Waals surface area contributed by atoms with Gasteiger partial charge in [-0.1, -0.05) is 37.3 Å². The summed E-state index contributed by atoms with van der Waals surface area (Å²) in [6.07, 6.45) is 3.60. The van der Waals surface area contributed by atoms with Crippen molar-refractivity contribution in [3.63, 3.8) is 0 Å². The molecule has 1 aromatic rings. The molecule has 1 spiro atoms. The van der Waals surface area contributed by atoms with Crippen molar-refractivity contribution in [1.29, 1.82) is 0 Å². The Hall–Kier alpha value is -1.39. The number of ether oxygens (including phenoxy) is 1. The largest absolute Gasteiger partial charge is 0.353 e. The second-order valence-corrected chi connectivity index (χ2v) is 7.19. The van der Waals surface area contributed by atoms with Crippen LogP contribution in [-0.2, 0) is 16.1 Å². The molecule has 3 fully saturated rings. The molecule has 3 heterocycles. The van der Waals surface area contributed by atoms with Gasteiger partial charge in [0.05, 0.1) is 12.6 Å². The van der Waals surface area contributed by atoms with E-state index in [2.05, 4.69) is 47.1 Å². The smallest absolute Gasteiger partial charge is 0.225 e. The first-order valence-electron chi connectivity index (χ1n) is 8.95. The van der Waals surface area contributed by atoms with E-state index in [9.17, 15) is 4.79 Å². The fourth-order valence-corrected chi connectivity index (χ4v) is 4.70. The molecule has 124 valence electrons. The average Bonchev–Trinajstić information content (AvgIpc) is 2.96. The Kier molecular flexibility index (Phi) is 3.90. The zero-order valence-corrected chi connectivity index (χ0v) is 13.9. The van der Waals surface area contributed by atoms with Crippen LogP contribution < -0.4 is 0 Å². The van der Waals surface area contributed by atoms with Gasteiger partial charge >= 0.3 is 0 Å². The third kappa shape index (κ3) is 2.48. The topological polar surface area (TPSA) is 32.8 Å². The highest BCUT2D eigenvalue weighted by molar-refractivity contribution is 5.78. The van der Waals surface area contributed by atoms with Gasteiger partial charge in [-0.3, -0.25) is 9.69 Å². The molecule has 4 rings (SSSR count). The van der Waals surface area contributed by atoms with E-state index in [-0.39, 0.29) is 11.8 Å². The summed E-state index contributed by atoms with van der Waals surface area (Å²) in [7, 11) is 0. The number of amides is 1. The van der Waals surface area contributed by atoms with Gasteiger partial charge in [0.2, 0.25) is 5.91 Å². The van der Waals surface area contributed by atoms with E-state index < -0.39 is 0 Å². The molecule has 0 aromatic heterocycles. The molecule has 23 heavy (non-hydrogen) atoms. The Morgan fingerprint density at radius 2 is 2.13 bits per heavy atom. The molecule has 0 radical (unpaired) electrons. The van der Waals surface area contributed by atoms with Crippen molar-refractivity contribution < 1.29 is 9.53 Å². The maximum Gasteiger partial charge on any atom is 0.225 e. The van der Waals surface area contributed by atoms with Gasteiger partial charge in [-0.05, 0) is 18.4 Å². The number of benzene rings is 1. The van der Waals surface area contributed by atoms with E-state index in [0.717, 1.165) is 45.5 Å². The first kappa shape index (κ1) is 15.2. The number of piperidine rings is 2. The van der Waals surface area contributed by atoms with Gasteiger partial charge < -0.3 is 9.64 Å². The van der Waals surface area contributed by atoms with E-state index in [1.807, 2.05) is 0 Å². The Balaban J connectivity index is 1.51. The summed E-state index contributed by atoms with van der Waals surface area (Å²) in [5.41, 5.74) is 1.06. The summed E-state index contributed by atoms with van der Waals surface area (Å²) < 4.78 is 6.30. The van der Waals surface area contributed by atoms with E-state index in [4.69, 9.17) is 4.74 Å². The molecule has 0 bridgehead atoms. The molecule has 3 atom stereocenters. The molecule has 0 saturated carbocycles. The second kappa shape index (κ2) is 5.91. The maximum absolute atomic E-state index is 12.5. The SMILES string of the molecule is CC[C@H]1COC23CCN(Cc4ccccc4)CC2CCC(=O)N13. The molecule has 3 aliphatic heterocycles. The summed E-state index contributed by atoms with van der Waals surface area (Å²) in [5.74, 6) is 0.760. The lowest BCUT2D eigenvalue weighted by Crippen LogP contribution is -2.64. The molecule has 0 aliphatic carbocycles. The van der Waals surface area contributed by atoms with E-state index in [0.29, 0.717) is 18.2 Å². The van der Waals surface area contributed by atoms with Crippen LogP contribution in [0.25, 0.3) is 0 Å². The molecule has 3 saturated heterocycles. The van der Waals surface area contributed by atoms with Crippen LogP contribution in [0.3, 0.4) is 0 Å². The number of rotatable bonds is 3. The minimum Gasteiger partial charge on any atom is -0.353 e. The lowest BCUT2D eigenvalue weighted by atomic mass is 9.79. The Labute approximate surface area is 138 Å². The fraction of sp³-hybridized carbons (Fsp3) is 0.632. The van der Waals surface area contributed by atoms with Gasteiger partial charge in [-0.15, -0.1) is 0 Å². The fourth-order valence-electron chi connectivity index (χ4n) is 4.70. The van der Waals surface area contributed by atoms with Gasteiger partial charge in [-0.2, -0.15) is 0 Å². The van der Waals surface area contributed by atoms with Crippen molar-refractivity contribution in [2.24, 2.45) is 5.92 Å². The van der Waals surface area contributed by atoms with Crippen molar-refractivity contribution in [3.8, 4) is 0 Å². The molecular formula is C19H26N2O2. The first-order chi connectivity index (χ1) is 11.2. The van der Waals surface area contributed by atoms with Crippen LogP contribution in [0, 0.1) is 5.92 Å². The molecule has 1 aromatic carbocycles. The van der Waals surface area contributed by atoms with Crippen LogP contribution >= 0.6 is 0 Å². The Bertz CT molecular complexity index is 576. The zero-order valence-electron chi connectivity index (χ0n) is 13.9. The first-order valence-corrected chi connectivity index (χ1v) is 8.95. The maximum atomic E-state index is 12.5. The number of hydrogen-bond acceptors (Lipinski definition) is 3. The highest BCUT2D eigenvalue weighted by Crippen LogP contribution is 2.46. The quantitative estimate of drug-likeness (QED) is 0.860. The molecular weight excluding hydrogens is 288 g/mol. The predicted molar refractivity (Wildman–Crippen MR) is 88.7 cm³/mol. The minimum atomic E-state index is -0.302. The standard InChI is InChI=1S/C19H26N2O2/c1-2-17-14-23-19-10-11-20(12-15-6-4-3-5-7-15)13-16(19)8-9-18(22)21(17)19/h3-7,16-17H,2,8-14H2,1H3/t16?,17-,19?/m0/s1. The summed E-state index contributed by atoms with van der Waals surface area (Å²) >= 11 is 0. The van der Waals surface area contributed by atoms with Crippen LogP contribution in [0.2, 0.25) is 0 Å².